The number of rotatable bonds is 4. The van der Waals surface area contributed by atoms with Crippen LogP contribution in [-0.2, 0) is 0 Å². The van der Waals surface area contributed by atoms with E-state index < -0.39 is 0 Å². The highest BCUT2D eigenvalue weighted by Gasteiger charge is 2.20. The van der Waals surface area contributed by atoms with Gasteiger partial charge in [-0.05, 0) is 43.2 Å². The smallest absolute Gasteiger partial charge is 0.0443 e. The number of piperazine rings is 1. The quantitative estimate of drug-likeness (QED) is 0.787. The summed E-state index contributed by atoms with van der Waals surface area (Å²) in [5.74, 6) is 0.769. The second-order valence-electron chi connectivity index (χ2n) is 7.53. The fraction of sp³-hybridized carbons (Fsp3) is 0.619. The van der Waals surface area contributed by atoms with E-state index >= 15 is 0 Å². The van der Waals surface area contributed by atoms with Crippen LogP contribution in [0.4, 0.5) is 5.69 Å². The lowest BCUT2D eigenvalue weighted by Gasteiger charge is -2.38. The molecular weight excluding hydrogens is 280 g/mol. The lowest BCUT2D eigenvalue weighted by atomic mass is 9.98. The van der Waals surface area contributed by atoms with Crippen LogP contribution in [0.25, 0.3) is 5.57 Å². The summed E-state index contributed by atoms with van der Waals surface area (Å²) in [5.41, 5.74) is 4.54. The second-order valence-corrected chi connectivity index (χ2v) is 7.53. The highest BCUT2D eigenvalue weighted by atomic mass is 15.3. The summed E-state index contributed by atoms with van der Waals surface area (Å²) in [6, 6.07) is 9.09. The predicted octanol–water partition coefficient (Wildman–Crippen LogP) is 4.81. The molecule has 2 aliphatic rings. The minimum atomic E-state index is 0.769. The van der Waals surface area contributed by atoms with Gasteiger partial charge in [0.2, 0.25) is 0 Å². The van der Waals surface area contributed by atoms with Crippen molar-refractivity contribution in [3.05, 3.63) is 35.9 Å². The molecule has 1 fully saturated rings. The minimum Gasteiger partial charge on any atom is -0.368 e. The number of para-hydroxylation sites is 1. The van der Waals surface area contributed by atoms with E-state index in [1.807, 2.05) is 0 Å². The molecule has 3 rings (SSSR count). The van der Waals surface area contributed by atoms with Crippen LogP contribution in [0.1, 0.15) is 51.5 Å². The van der Waals surface area contributed by atoms with E-state index in [-0.39, 0.29) is 0 Å². The molecular formula is C21H32N2. The predicted molar refractivity (Wildman–Crippen MR) is 101 cm³/mol. The molecule has 1 aliphatic carbocycles. The standard InChI is InChI=1S/C21H32N2/c1-18(2)17-22-13-15-23(16-14-22)21-12-8-7-11-20(21)19-9-5-3-4-6-10-19/h7-9,11-12,18H,3-6,10,13-17H2,1-2H3. The van der Waals surface area contributed by atoms with Crippen LogP contribution in [0, 0.1) is 5.92 Å². The zero-order valence-electron chi connectivity index (χ0n) is 14.9. The van der Waals surface area contributed by atoms with E-state index in [1.165, 1.54) is 63.0 Å². The highest BCUT2D eigenvalue weighted by molar-refractivity contribution is 5.77. The van der Waals surface area contributed by atoms with Gasteiger partial charge in [-0.2, -0.15) is 0 Å². The maximum absolute atomic E-state index is 2.62. The zero-order valence-corrected chi connectivity index (χ0v) is 14.9. The number of hydrogen-bond donors (Lipinski definition) is 0. The first kappa shape index (κ1) is 16.6. The van der Waals surface area contributed by atoms with E-state index in [0.29, 0.717) is 0 Å². The molecule has 0 N–H and O–H groups in total. The van der Waals surface area contributed by atoms with Crippen molar-refractivity contribution in [2.24, 2.45) is 5.92 Å². The summed E-state index contributed by atoms with van der Waals surface area (Å²) in [5, 5.41) is 0. The first-order valence-electron chi connectivity index (χ1n) is 9.50. The van der Waals surface area contributed by atoms with Gasteiger partial charge in [-0.1, -0.05) is 44.5 Å². The first-order chi connectivity index (χ1) is 11.2. The Kier molecular flexibility index (Phi) is 5.77. The van der Waals surface area contributed by atoms with Crippen molar-refractivity contribution >= 4 is 11.3 Å². The normalized spacial score (nSPS) is 20.5. The average Bonchev–Trinajstić information content (AvgIpc) is 2.84. The molecule has 0 aromatic heterocycles. The van der Waals surface area contributed by atoms with Gasteiger partial charge < -0.3 is 4.90 Å². The minimum absolute atomic E-state index is 0.769. The Hall–Kier alpha value is -1.28. The summed E-state index contributed by atoms with van der Waals surface area (Å²) in [4.78, 5) is 5.23. The lowest BCUT2D eigenvalue weighted by molar-refractivity contribution is 0.231. The third kappa shape index (κ3) is 4.38. The molecule has 0 unspecified atom stereocenters. The molecule has 1 aliphatic heterocycles. The number of benzene rings is 1. The van der Waals surface area contributed by atoms with Gasteiger partial charge in [0, 0.05) is 44.0 Å². The summed E-state index contributed by atoms with van der Waals surface area (Å²) < 4.78 is 0. The van der Waals surface area contributed by atoms with Gasteiger partial charge in [0.25, 0.3) is 0 Å². The molecule has 0 spiro atoms. The van der Waals surface area contributed by atoms with Crippen LogP contribution in [0.5, 0.6) is 0 Å². The lowest BCUT2D eigenvalue weighted by Crippen LogP contribution is -2.47. The molecule has 1 heterocycles. The van der Waals surface area contributed by atoms with Crippen molar-refractivity contribution in [2.45, 2.75) is 46.0 Å². The molecule has 2 nitrogen and oxygen atoms in total. The van der Waals surface area contributed by atoms with Gasteiger partial charge in [0.1, 0.15) is 0 Å². The van der Waals surface area contributed by atoms with E-state index in [4.69, 9.17) is 0 Å². The van der Waals surface area contributed by atoms with Crippen LogP contribution in [0.2, 0.25) is 0 Å². The SMILES string of the molecule is CC(C)CN1CCN(c2ccccc2C2=CCCCCC2)CC1. The fourth-order valence-corrected chi connectivity index (χ4v) is 3.97. The number of allylic oxidation sites excluding steroid dienone is 2. The van der Waals surface area contributed by atoms with E-state index in [0.717, 1.165) is 19.0 Å². The topological polar surface area (TPSA) is 6.48 Å². The third-order valence-electron chi connectivity index (χ3n) is 5.13. The van der Waals surface area contributed by atoms with Crippen LogP contribution >= 0.6 is 0 Å². The number of hydrogen-bond acceptors (Lipinski definition) is 2. The summed E-state index contributed by atoms with van der Waals surface area (Å²) in [6.45, 7) is 10.6. The molecule has 0 amide bonds. The van der Waals surface area contributed by atoms with Crippen molar-refractivity contribution in [2.75, 3.05) is 37.6 Å². The van der Waals surface area contributed by atoms with Crippen LogP contribution in [0.3, 0.4) is 0 Å². The van der Waals surface area contributed by atoms with Gasteiger partial charge in [-0.15, -0.1) is 0 Å². The fourth-order valence-electron chi connectivity index (χ4n) is 3.97. The Bertz CT molecular complexity index is 524. The molecule has 0 bridgehead atoms. The van der Waals surface area contributed by atoms with E-state index in [9.17, 15) is 0 Å². The molecule has 1 saturated heterocycles. The van der Waals surface area contributed by atoms with E-state index in [1.54, 1.807) is 5.57 Å². The van der Waals surface area contributed by atoms with E-state index in [2.05, 4.69) is 54.0 Å². The zero-order chi connectivity index (χ0) is 16.1. The molecule has 1 aromatic carbocycles. The largest absolute Gasteiger partial charge is 0.368 e. The van der Waals surface area contributed by atoms with Crippen molar-refractivity contribution < 1.29 is 0 Å². The molecule has 0 atom stereocenters. The van der Waals surface area contributed by atoms with Gasteiger partial charge in [-0.3, -0.25) is 4.90 Å². The Morgan fingerprint density at radius 2 is 1.74 bits per heavy atom. The van der Waals surface area contributed by atoms with Crippen molar-refractivity contribution in [3.8, 4) is 0 Å². The molecule has 126 valence electrons. The third-order valence-corrected chi connectivity index (χ3v) is 5.13. The average molecular weight is 313 g/mol. The van der Waals surface area contributed by atoms with Crippen molar-refractivity contribution in [1.82, 2.24) is 4.90 Å². The second kappa shape index (κ2) is 8.01. The molecule has 2 heteroatoms. The maximum Gasteiger partial charge on any atom is 0.0443 e. The Morgan fingerprint density at radius 1 is 0.957 bits per heavy atom. The molecule has 23 heavy (non-hydrogen) atoms. The van der Waals surface area contributed by atoms with Crippen LogP contribution < -0.4 is 4.90 Å². The van der Waals surface area contributed by atoms with Gasteiger partial charge >= 0.3 is 0 Å². The highest BCUT2D eigenvalue weighted by Crippen LogP contribution is 2.33. The maximum atomic E-state index is 2.62. The monoisotopic (exact) mass is 312 g/mol. The molecule has 0 saturated carbocycles. The summed E-state index contributed by atoms with van der Waals surface area (Å²) >= 11 is 0. The Labute approximate surface area is 142 Å². The first-order valence-corrected chi connectivity index (χ1v) is 9.50. The number of anilines is 1. The van der Waals surface area contributed by atoms with Crippen molar-refractivity contribution in [3.63, 3.8) is 0 Å². The number of nitrogens with zero attached hydrogens (tertiary/aromatic N) is 2. The van der Waals surface area contributed by atoms with Gasteiger partial charge in [-0.25, -0.2) is 0 Å². The molecule has 0 radical (unpaired) electrons. The van der Waals surface area contributed by atoms with Gasteiger partial charge in [0.15, 0.2) is 0 Å². The summed E-state index contributed by atoms with van der Waals surface area (Å²) in [6.07, 6.45) is 9.11. The Balaban J connectivity index is 1.72. The van der Waals surface area contributed by atoms with Gasteiger partial charge in [0.05, 0.1) is 0 Å². The summed E-state index contributed by atoms with van der Waals surface area (Å²) in [7, 11) is 0. The Morgan fingerprint density at radius 3 is 2.52 bits per heavy atom. The molecule has 1 aromatic rings. The van der Waals surface area contributed by atoms with Crippen molar-refractivity contribution in [1.29, 1.82) is 0 Å². The van der Waals surface area contributed by atoms with Crippen LogP contribution in [0.15, 0.2) is 30.3 Å². The van der Waals surface area contributed by atoms with Crippen LogP contribution in [-0.4, -0.2) is 37.6 Å².